The van der Waals surface area contributed by atoms with Gasteiger partial charge in [-0.15, -0.1) is 0 Å². The Morgan fingerprint density at radius 3 is 0.968 bits per heavy atom. The summed E-state index contributed by atoms with van der Waals surface area (Å²) in [6.07, 6.45) is 6.82. The molecule has 31 heavy (non-hydrogen) atoms. The molecule has 2 aliphatic rings. The van der Waals surface area contributed by atoms with Gasteiger partial charge >= 0.3 is 11.4 Å². The Morgan fingerprint density at radius 2 is 0.742 bits per heavy atom. The third-order valence-corrected chi connectivity index (χ3v) is 4.90. The average molecular weight is 452 g/mol. The molecule has 6 rings (SSSR count). The van der Waals surface area contributed by atoms with Crippen LogP contribution in [0.25, 0.3) is 33.8 Å². The van der Waals surface area contributed by atoms with Crippen LogP contribution in [-0.2, 0) is 17.1 Å². The average Bonchev–Trinajstić information content (AvgIpc) is 3.32. The topological polar surface area (TPSA) is 124 Å². The predicted molar refractivity (Wildman–Crippen MR) is 109 cm³/mol. The van der Waals surface area contributed by atoms with Crippen molar-refractivity contribution >= 4 is 11.4 Å². The number of aromatic nitrogens is 4. The summed E-state index contributed by atoms with van der Waals surface area (Å²) < 4.78 is 0. The van der Waals surface area contributed by atoms with Crippen molar-refractivity contribution in [3.63, 3.8) is 0 Å². The molecular weight excluding hydrogens is 440 g/mol. The number of hydrogen-bond acceptors (Lipinski definition) is 4. The van der Waals surface area contributed by atoms with Crippen LogP contribution in [0.5, 0.6) is 0 Å². The van der Waals surface area contributed by atoms with Gasteiger partial charge in [-0.05, 0) is 48.5 Å². The Morgan fingerprint density at radius 1 is 0.484 bits per heavy atom. The van der Waals surface area contributed by atoms with E-state index in [1.54, 1.807) is 24.8 Å². The number of hydrogen-bond donors (Lipinski definition) is 0. The summed E-state index contributed by atoms with van der Waals surface area (Å²) in [5, 5.41) is 0. The SMILES string of the molecule is [Cu].[N-]=[N+]=C1c2cccnc2-c2ncccc21.[N-]=[N+]=C1c2cccnc2-c2ncccc21. The van der Waals surface area contributed by atoms with Crippen LogP contribution in [0.3, 0.4) is 0 Å². The summed E-state index contributed by atoms with van der Waals surface area (Å²) in [5.41, 5.74) is 25.5. The van der Waals surface area contributed by atoms with Gasteiger partial charge in [0.05, 0.1) is 22.3 Å². The van der Waals surface area contributed by atoms with Crippen LogP contribution in [-0.4, -0.2) is 40.9 Å². The van der Waals surface area contributed by atoms with Crippen LogP contribution < -0.4 is 0 Å². The third-order valence-electron chi connectivity index (χ3n) is 4.90. The first-order chi connectivity index (χ1) is 14.8. The van der Waals surface area contributed by atoms with E-state index >= 15 is 0 Å². The number of fused-ring (bicyclic) bond motifs is 6. The van der Waals surface area contributed by atoms with E-state index in [4.69, 9.17) is 11.1 Å². The molecular formula is C22H12CuN8. The maximum atomic E-state index is 8.99. The molecule has 0 aliphatic heterocycles. The van der Waals surface area contributed by atoms with Gasteiger partial charge < -0.3 is 11.1 Å². The van der Waals surface area contributed by atoms with Gasteiger partial charge in [-0.3, -0.25) is 19.9 Å². The summed E-state index contributed by atoms with van der Waals surface area (Å²) in [5.74, 6) is 0. The molecule has 0 amide bonds. The van der Waals surface area contributed by atoms with Crippen molar-refractivity contribution in [1.29, 1.82) is 0 Å². The molecule has 4 aromatic rings. The summed E-state index contributed by atoms with van der Waals surface area (Å²) in [6, 6.07) is 14.8. The van der Waals surface area contributed by atoms with Gasteiger partial charge in [0.1, 0.15) is 22.8 Å². The van der Waals surface area contributed by atoms with Crippen molar-refractivity contribution in [1.82, 2.24) is 19.9 Å². The molecule has 9 heteroatoms. The molecule has 0 spiro atoms. The zero-order chi connectivity index (χ0) is 20.5. The minimum atomic E-state index is 0. The van der Waals surface area contributed by atoms with Crippen molar-refractivity contribution in [2.75, 3.05) is 0 Å². The van der Waals surface area contributed by atoms with Crippen molar-refractivity contribution in [2.45, 2.75) is 0 Å². The van der Waals surface area contributed by atoms with Crippen molar-refractivity contribution < 1.29 is 26.6 Å². The second-order valence-corrected chi connectivity index (χ2v) is 6.50. The van der Waals surface area contributed by atoms with Crippen molar-refractivity contribution in [3.05, 3.63) is 107 Å². The Kier molecular flexibility index (Phi) is 5.41. The molecule has 0 N–H and O–H groups in total. The molecule has 0 aromatic carbocycles. The van der Waals surface area contributed by atoms with Gasteiger partial charge in [0.2, 0.25) is 0 Å². The molecule has 0 saturated heterocycles. The molecule has 8 nitrogen and oxygen atoms in total. The molecule has 1 radical (unpaired) electrons. The fourth-order valence-electron chi connectivity index (χ4n) is 3.65. The number of pyridine rings is 4. The summed E-state index contributed by atoms with van der Waals surface area (Å²) in [7, 11) is 0. The van der Waals surface area contributed by atoms with Crippen LogP contribution in [0.1, 0.15) is 22.3 Å². The fourth-order valence-corrected chi connectivity index (χ4v) is 3.65. The summed E-state index contributed by atoms with van der Waals surface area (Å²) in [4.78, 5) is 23.6. The smallest absolute Gasteiger partial charge is 0.334 e. The minimum absolute atomic E-state index is 0. The first-order valence-electron chi connectivity index (χ1n) is 9.10. The van der Waals surface area contributed by atoms with E-state index in [0.29, 0.717) is 11.4 Å². The van der Waals surface area contributed by atoms with Crippen LogP contribution in [0.2, 0.25) is 0 Å². The molecule has 0 atom stereocenters. The van der Waals surface area contributed by atoms with E-state index in [-0.39, 0.29) is 17.1 Å². The normalized spacial score (nSPS) is 11.5. The Balaban J connectivity index is 0.000000144. The van der Waals surface area contributed by atoms with Crippen molar-refractivity contribution in [3.8, 4) is 22.8 Å². The first kappa shape index (κ1) is 20.2. The van der Waals surface area contributed by atoms with E-state index < -0.39 is 0 Å². The molecule has 4 aromatic heterocycles. The van der Waals surface area contributed by atoms with Crippen LogP contribution in [0, 0.1) is 0 Å². The Labute approximate surface area is 187 Å². The monoisotopic (exact) mass is 451 g/mol. The molecule has 2 aliphatic carbocycles. The van der Waals surface area contributed by atoms with Crippen LogP contribution in [0.4, 0.5) is 0 Å². The third kappa shape index (κ3) is 3.20. The predicted octanol–water partition coefficient (Wildman–Crippen LogP) is 3.05. The second kappa shape index (κ2) is 8.32. The molecule has 151 valence electrons. The van der Waals surface area contributed by atoms with Crippen molar-refractivity contribution in [2.24, 2.45) is 0 Å². The maximum absolute atomic E-state index is 8.99. The molecule has 0 bridgehead atoms. The van der Waals surface area contributed by atoms with Gasteiger partial charge in [-0.25, -0.2) is 0 Å². The quantitative estimate of drug-likeness (QED) is 0.200. The van der Waals surface area contributed by atoms with Crippen LogP contribution >= 0.6 is 0 Å². The van der Waals surface area contributed by atoms with Gasteiger partial charge in [-0.1, -0.05) is 0 Å². The van der Waals surface area contributed by atoms with E-state index in [1.165, 1.54) is 0 Å². The standard InChI is InChI=1S/2C11H6N4.Cu/c2*12-15-9-7-3-1-5-13-10(7)11-8(9)4-2-6-14-11;/h2*1-6H;. The van der Waals surface area contributed by atoms with Gasteiger partial charge in [-0.2, -0.15) is 9.58 Å². The zero-order valence-electron chi connectivity index (χ0n) is 15.8. The van der Waals surface area contributed by atoms with Gasteiger partial charge in [0.25, 0.3) is 0 Å². The first-order valence-corrected chi connectivity index (χ1v) is 9.10. The maximum Gasteiger partial charge on any atom is 0.334 e. The zero-order valence-corrected chi connectivity index (χ0v) is 16.7. The van der Waals surface area contributed by atoms with Gasteiger partial charge in [0, 0.05) is 41.9 Å². The number of nitrogens with zero attached hydrogens (tertiary/aromatic N) is 8. The van der Waals surface area contributed by atoms with Crippen LogP contribution in [0.15, 0.2) is 73.3 Å². The summed E-state index contributed by atoms with van der Waals surface area (Å²) >= 11 is 0. The van der Waals surface area contributed by atoms with Gasteiger partial charge in [0.15, 0.2) is 0 Å². The fraction of sp³-hybridized carbons (Fsp3) is 0. The molecule has 0 saturated carbocycles. The Bertz CT molecular complexity index is 1210. The molecule has 4 heterocycles. The summed E-state index contributed by atoms with van der Waals surface area (Å²) in [6.45, 7) is 0. The second-order valence-electron chi connectivity index (χ2n) is 6.50. The van der Waals surface area contributed by atoms with E-state index in [1.807, 2.05) is 48.5 Å². The van der Waals surface area contributed by atoms with E-state index in [2.05, 4.69) is 29.5 Å². The molecule has 0 fully saturated rings. The van der Waals surface area contributed by atoms with E-state index in [9.17, 15) is 0 Å². The van der Waals surface area contributed by atoms with E-state index in [0.717, 1.165) is 45.0 Å². The largest absolute Gasteiger partial charge is 0.361 e. The minimum Gasteiger partial charge on any atom is -0.361 e. The Hall–Kier alpha value is -4.12. The molecule has 0 unspecified atom stereocenters. The number of rotatable bonds is 0.